The maximum absolute atomic E-state index is 11.1. The van der Waals surface area contributed by atoms with E-state index >= 15 is 0 Å². The molecule has 1 fully saturated rings. The Morgan fingerprint density at radius 3 is 2.50 bits per heavy atom. The molecular weight excluding hydrogens is 268 g/mol. The molecule has 20 heavy (non-hydrogen) atoms. The predicted molar refractivity (Wildman–Crippen MR) is 68.6 cm³/mol. The third-order valence-corrected chi connectivity index (χ3v) is 3.13. The number of ether oxygens (including phenoxy) is 3. The van der Waals surface area contributed by atoms with Gasteiger partial charge in [0.2, 0.25) is 0 Å². The number of carbonyl (C=O) groups excluding carboxylic acids is 1. The van der Waals surface area contributed by atoms with Crippen LogP contribution in [0.3, 0.4) is 0 Å². The van der Waals surface area contributed by atoms with Crippen LogP contribution in [0.1, 0.15) is 13.8 Å². The molecule has 1 saturated heterocycles. The fourth-order valence-corrected chi connectivity index (χ4v) is 1.83. The van der Waals surface area contributed by atoms with Crippen molar-refractivity contribution in [2.24, 2.45) is 5.92 Å². The van der Waals surface area contributed by atoms with Crippen LogP contribution in [0.5, 0.6) is 0 Å². The molecule has 0 aliphatic carbocycles. The molecule has 0 radical (unpaired) electrons. The van der Waals surface area contributed by atoms with Crippen molar-refractivity contribution in [2.75, 3.05) is 19.8 Å². The summed E-state index contributed by atoms with van der Waals surface area (Å²) < 4.78 is 15.6. The number of carbonyl (C=O) groups is 1. The number of aliphatic hydroxyl groups excluding tert-OH is 3. The van der Waals surface area contributed by atoms with Gasteiger partial charge in [-0.2, -0.15) is 0 Å². The molecule has 1 heterocycles. The topological polar surface area (TPSA) is 105 Å². The van der Waals surface area contributed by atoms with Crippen molar-refractivity contribution in [3.63, 3.8) is 0 Å². The molecule has 5 atom stereocenters. The van der Waals surface area contributed by atoms with Gasteiger partial charge in [-0.15, -0.1) is 0 Å². The number of aliphatic hydroxyl groups is 3. The summed E-state index contributed by atoms with van der Waals surface area (Å²) in [7, 11) is 0. The van der Waals surface area contributed by atoms with Crippen molar-refractivity contribution in [3.05, 3.63) is 12.2 Å². The van der Waals surface area contributed by atoms with E-state index < -0.39 is 43.1 Å². The summed E-state index contributed by atoms with van der Waals surface area (Å²) in [6, 6.07) is 0. The zero-order chi connectivity index (χ0) is 15.3. The van der Waals surface area contributed by atoms with Crippen LogP contribution in [0.25, 0.3) is 0 Å². The SMILES string of the molecule is C=C(C)C(=O)OCCO[C@@H]1OC(CO)[C@@H](O)[C@H](O)C1C. The van der Waals surface area contributed by atoms with E-state index in [1.54, 1.807) is 13.8 Å². The van der Waals surface area contributed by atoms with E-state index in [4.69, 9.17) is 19.3 Å². The Bertz CT molecular complexity index is 342. The predicted octanol–water partition coefficient (Wildman–Crippen LogP) is -0.803. The molecule has 0 saturated carbocycles. The Balaban J connectivity index is 2.39. The van der Waals surface area contributed by atoms with Crippen molar-refractivity contribution in [2.45, 2.75) is 38.4 Å². The van der Waals surface area contributed by atoms with Crippen LogP contribution in [-0.4, -0.2) is 65.7 Å². The number of rotatable bonds is 6. The first-order chi connectivity index (χ1) is 9.38. The van der Waals surface area contributed by atoms with Gasteiger partial charge in [-0.1, -0.05) is 13.5 Å². The highest BCUT2D eigenvalue weighted by Crippen LogP contribution is 2.26. The molecule has 116 valence electrons. The Kier molecular flexibility index (Phi) is 6.57. The maximum Gasteiger partial charge on any atom is 0.333 e. The van der Waals surface area contributed by atoms with Crippen molar-refractivity contribution < 1.29 is 34.3 Å². The summed E-state index contributed by atoms with van der Waals surface area (Å²) in [5, 5.41) is 28.5. The molecule has 0 amide bonds. The van der Waals surface area contributed by atoms with E-state index in [1.165, 1.54) is 0 Å². The Morgan fingerprint density at radius 1 is 1.30 bits per heavy atom. The first-order valence-electron chi connectivity index (χ1n) is 6.45. The minimum atomic E-state index is -1.16. The minimum Gasteiger partial charge on any atom is -0.460 e. The van der Waals surface area contributed by atoms with Crippen molar-refractivity contribution in [1.82, 2.24) is 0 Å². The van der Waals surface area contributed by atoms with Crippen LogP contribution in [-0.2, 0) is 19.0 Å². The Morgan fingerprint density at radius 2 is 1.95 bits per heavy atom. The summed E-state index contributed by atoms with van der Waals surface area (Å²) in [6.45, 7) is 6.33. The van der Waals surface area contributed by atoms with Crippen LogP contribution in [0.2, 0.25) is 0 Å². The zero-order valence-electron chi connectivity index (χ0n) is 11.7. The van der Waals surface area contributed by atoms with Gasteiger partial charge in [0, 0.05) is 11.5 Å². The maximum atomic E-state index is 11.1. The number of hydrogen-bond acceptors (Lipinski definition) is 7. The highest BCUT2D eigenvalue weighted by atomic mass is 16.7. The number of hydrogen-bond donors (Lipinski definition) is 3. The molecule has 1 aliphatic heterocycles. The van der Waals surface area contributed by atoms with Gasteiger partial charge in [-0.25, -0.2) is 4.79 Å². The lowest BCUT2D eigenvalue weighted by Crippen LogP contribution is -2.55. The molecule has 0 aromatic heterocycles. The summed E-state index contributed by atoms with van der Waals surface area (Å²) >= 11 is 0. The van der Waals surface area contributed by atoms with Crippen molar-refractivity contribution >= 4 is 5.97 Å². The van der Waals surface area contributed by atoms with Crippen LogP contribution < -0.4 is 0 Å². The monoisotopic (exact) mass is 290 g/mol. The van der Waals surface area contributed by atoms with Gasteiger partial charge in [-0.05, 0) is 6.92 Å². The summed E-state index contributed by atoms with van der Waals surface area (Å²) in [6.07, 6.45) is -3.89. The smallest absolute Gasteiger partial charge is 0.333 e. The second kappa shape index (κ2) is 7.70. The molecule has 1 aliphatic rings. The summed E-state index contributed by atoms with van der Waals surface area (Å²) in [5.41, 5.74) is 0.297. The van der Waals surface area contributed by atoms with Crippen molar-refractivity contribution in [1.29, 1.82) is 0 Å². The lowest BCUT2D eigenvalue weighted by atomic mass is 9.92. The van der Waals surface area contributed by atoms with E-state index in [0.717, 1.165) is 0 Å². The lowest BCUT2D eigenvalue weighted by molar-refractivity contribution is -0.283. The van der Waals surface area contributed by atoms with Gasteiger partial charge < -0.3 is 29.5 Å². The third kappa shape index (κ3) is 4.26. The Hall–Kier alpha value is -0.990. The molecule has 0 spiro atoms. The van der Waals surface area contributed by atoms with Gasteiger partial charge in [0.15, 0.2) is 6.29 Å². The molecule has 1 rings (SSSR count). The van der Waals surface area contributed by atoms with Gasteiger partial charge in [0.25, 0.3) is 0 Å². The molecule has 2 unspecified atom stereocenters. The molecular formula is C13H22O7. The normalized spacial score (nSPS) is 33.8. The van der Waals surface area contributed by atoms with Gasteiger partial charge in [0.05, 0.1) is 19.3 Å². The van der Waals surface area contributed by atoms with Crippen molar-refractivity contribution in [3.8, 4) is 0 Å². The van der Waals surface area contributed by atoms with E-state index in [0.29, 0.717) is 5.57 Å². The standard InChI is InChI=1S/C13H22O7/c1-7(2)12(17)18-4-5-19-13-8(3)10(15)11(16)9(6-14)20-13/h8-11,13-16H,1,4-6H2,2-3H3/t8?,9?,10-,11-,13-/m1/s1. The molecule has 0 bridgehead atoms. The van der Waals surface area contributed by atoms with E-state index in [-0.39, 0.29) is 13.2 Å². The third-order valence-electron chi connectivity index (χ3n) is 3.13. The molecule has 7 nitrogen and oxygen atoms in total. The van der Waals surface area contributed by atoms with Gasteiger partial charge in [-0.3, -0.25) is 0 Å². The van der Waals surface area contributed by atoms with E-state index in [1.807, 2.05) is 0 Å². The second-order valence-electron chi connectivity index (χ2n) is 4.85. The van der Waals surface area contributed by atoms with Gasteiger partial charge >= 0.3 is 5.97 Å². The van der Waals surface area contributed by atoms with E-state index in [2.05, 4.69) is 6.58 Å². The van der Waals surface area contributed by atoms with Crippen LogP contribution in [0.4, 0.5) is 0 Å². The molecule has 7 heteroatoms. The first-order valence-corrected chi connectivity index (χ1v) is 6.45. The molecule has 3 N–H and O–H groups in total. The molecule has 0 aromatic rings. The van der Waals surface area contributed by atoms with Crippen LogP contribution in [0.15, 0.2) is 12.2 Å². The first kappa shape index (κ1) is 17.1. The lowest BCUT2D eigenvalue weighted by Gasteiger charge is -2.40. The van der Waals surface area contributed by atoms with Crippen LogP contribution in [0, 0.1) is 5.92 Å². The average molecular weight is 290 g/mol. The van der Waals surface area contributed by atoms with Crippen LogP contribution >= 0.6 is 0 Å². The van der Waals surface area contributed by atoms with Gasteiger partial charge in [0.1, 0.15) is 18.8 Å². The average Bonchev–Trinajstić information content (AvgIpc) is 2.42. The van der Waals surface area contributed by atoms with E-state index in [9.17, 15) is 15.0 Å². The fraction of sp³-hybridized carbons (Fsp3) is 0.769. The highest BCUT2D eigenvalue weighted by molar-refractivity contribution is 5.86. The second-order valence-corrected chi connectivity index (χ2v) is 4.85. The summed E-state index contributed by atoms with van der Waals surface area (Å²) in [5.74, 6) is -0.973. The fourth-order valence-electron chi connectivity index (χ4n) is 1.83. The quantitative estimate of drug-likeness (QED) is 0.334. The largest absolute Gasteiger partial charge is 0.460 e. The zero-order valence-corrected chi connectivity index (χ0v) is 11.7. The Labute approximate surface area is 117 Å². The number of esters is 1. The summed E-state index contributed by atoms with van der Waals surface area (Å²) in [4.78, 5) is 11.1. The molecule has 0 aromatic carbocycles. The minimum absolute atomic E-state index is 0.0285. The highest BCUT2D eigenvalue weighted by Gasteiger charge is 2.42.